The minimum atomic E-state index is 0.411. The Hall–Kier alpha value is -1.27. The van der Waals surface area contributed by atoms with Gasteiger partial charge in [0, 0.05) is 21.4 Å². The highest BCUT2D eigenvalue weighted by atomic mass is 35.5. The highest BCUT2D eigenvalue weighted by Crippen LogP contribution is 2.39. The molecule has 7 heteroatoms. The van der Waals surface area contributed by atoms with Crippen LogP contribution in [-0.2, 0) is 0 Å². The second-order valence-corrected chi connectivity index (χ2v) is 8.14. The molecule has 1 aromatic carbocycles. The van der Waals surface area contributed by atoms with Gasteiger partial charge in [-0.1, -0.05) is 54.9 Å². The first-order chi connectivity index (χ1) is 11.5. The molecule has 0 aliphatic carbocycles. The number of nitrogens with one attached hydrogen (secondary N) is 1. The minimum absolute atomic E-state index is 0.411. The number of pyridine rings is 1. The van der Waals surface area contributed by atoms with Crippen LogP contribution in [0.2, 0.25) is 10.0 Å². The molecule has 3 nitrogen and oxygen atoms in total. The van der Waals surface area contributed by atoms with Crippen molar-refractivity contribution in [2.24, 2.45) is 0 Å². The maximum Gasteiger partial charge on any atom is 0.188 e. The molecule has 24 heavy (non-hydrogen) atoms. The zero-order valence-corrected chi connectivity index (χ0v) is 16.2. The fraction of sp³-hybridized carbons (Fsp3) is 0.176. The smallest absolute Gasteiger partial charge is 0.188 e. The second kappa shape index (κ2) is 7.74. The number of nitrogens with zero attached hydrogens (tertiary/aromatic N) is 2. The largest absolute Gasteiger partial charge is 0.316 e. The van der Waals surface area contributed by atoms with Crippen molar-refractivity contribution in [1.29, 1.82) is 0 Å². The average Bonchev–Trinajstić information content (AvgIpc) is 3.00. The molecule has 0 atom stereocenters. The summed E-state index contributed by atoms with van der Waals surface area (Å²) < 4.78 is 0. The molecule has 0 saturated heterocycles. The molecule has 0 radical (unpaired) electrons. The van der Waals surface area contributed by atoms with Crippen LogP contribution in [0, 0.1) is 0 Å². The molecule has 1 N–H and O–H groups in total. The summed E-state index contributed by atoms with van der Waals surface area (Å²) in [6, 6.07) is 9.39. The molecule has 0 bridgehead atoms. The van der Waals surface area contributed by atoms with Gasteiger partial charge in [0.15, 0.2) is 5.13 Å². The standard InChI is InChI=1S/C17H15Cl2N3S2/c1-10(2)14-9-23-17(21-14)22-15-8-11(6-7-20-15)24-16-12(18)4-3-5-13(16)19/h3-10H,1-2H3,(H,20,21,22). The van der Waals surface area contributed by atoms with Gasteiger partial charge in [-0.3, -0.25) is 0 Å². The third-order valence-corrected chi connectivity index (χ3v) is 5.98. The lowest BCUT2D eigenvalue weighted by atomic mass is 10.2. The summed E-state index contributed by atoms with van der Waals surface area (Å²) >= 11 is 15.6. The van der Waals surface area contributed by atoms with Gasteiger partial charge in [-0.2, -0.15) is 0 Å². The van der Waals surface area contributed by atoms with E-state index in [1.807, 2.05) is 30.3 Å². The van der Waals surface area contributed by atoms with E-state index >= 15 is 0 Å². The van der Waals surface area contributed by atoms with Crippen molar-refractivity contribution in [2.45, 2.75) is 29.6 Å². The molecule has 0 aliphatic rings. The van der Waals surface area contributed by atoms with Crippen LogP contribution in [0.4, 0.5) is 10.9 Å². The summed E-state index contributed by atoms with van der Waals surface area (Å²) in [5.74, 6) is 1.15. The van der Waals surface area contributed by atoms with Crippen LogP contribution in [-0.4, -0.2) is 9.97 Å². The molecule has 124 valence electrons. The van der Waals surface area contributed by atoms with E-state index in [2.05, 4.69) is 34.5 Å². The third kappa shape index (κ3) is 4.22. The Morgan fingerprint density at radius 1 is 1.17 bits per heavy atom. The van der Waals surface area contributed by atoms with Crippen molar-refractivity contribution in [2.75, 3.05) is 5.32 Å². The van der Waals surface area contributed by atoms with Gasteiger partial charge in [0.2, 0.25) is 0 Å². The normalized spacial score (nSPS) is 11.0. The van der Waals surface area contributed by atoms with Crippen LogP contribution in [0.5, 0.6) is 0 Å². The number of thiazole rings is 1. The first-order valence-electron chi connectivity index (χ1n) is 7.33. The van der Waals surface area contributed by atoms with Gasteiger partial charge in [0.1, 0.15) is 5.82 Å². The lowest BCUT2D eigenvalue weighted by molar-refractivity contribution is 0.834. The Kier molecular flexibility index (Phi) is 5.66. The molecule has 3 rings (SSSR count). The fourth-order valence-corrected chi connectivity index (χ4v) is 4.33. The quantitative estimate of drug-likeness (QED) is 0.511. The molecule has 3 aromatic rings. The maximum absolute atomic E-state index is 6.24. The minimum Gasteiger partial charge on any atom is -0.316 e. The summed E-state index contributed by atoms with van der Waals surface area (Å²) in [4.78, 5) is 10.8. The van der Waals surface area contributed by atoms with Gasteiger partial charge in [-0.05, 0) is 30.2 Å². The van der Waals surface area contributed by atoms with Crippen LogP contribution in [0.1, 0.15) is 25.5 Å². The van der Waals surface area contributed by atoms with Gasteiger partial charge in [0.05, 0.1) is 15.7 Å². The zero-order chi connectivity index (χ0) is 17.1. The molecule has 0 unspecified atom stereocenters. The number of aromatic nitrogens is 2. The van der Waals surface area contributed by atoms with E-state index < -0.39 is 0 Å². The Labute approximate surface area is 159 Å². The number of halogens is 2. The maximum atomic E-state index is 6.24. The summed E-state index contributed by atoms with van der Waals surface area (Å²) in [5, 5.41) is 7.43. The van der Waals surface area contributed by atoms with Gasteiger partial charge in [-0.15, -0.1) is 11.3 Å². The van der Waals surface area contributed by atoms with Crippen molar-refractivity contribution in [1.82, 2.24) is 9.97 Å². The monoisotopic (exact) mass is 395 g/mol. The van der Waals surface area contributed by atoms with Gasteiger partial charge < -0.3 is 5.32 Å². The van der Waals surface area contributed by atoms with E-state index in [-0.39, 0.29) is 0 Å². The highest BCUT2D eigenvalue weighted by molar-refractivity contribution is 7.99. The Bertz CT molecular complexity index is 829. The molecule has 2 aromatic heterocycles. The van der Waals surface area contributed by atoms with E-state index in [9.17, 15) is 0 Å². The molecule has 0 saturated carbocycles. The predicted molar refractivity (Wildman–Crippen MR) is 104 cm³/mol. The van der Waals surface area contributed by atoms with Crippen LogP contribution >= 0.6 is 46.3 Å². The third-order valence-electron chi connectivity index (χ3n) is 3.22. The van der Waals surface area contributed by atoms with Crippen LogP contribution in [0.15, 0.2) is 51.7 Å². The SMILES string of the molecule is CC(C)c1csc(Nc2cc(Sc3c(Cl)cccc3Cl)ccn2)n1. The van der Waals surface area contributed by atoms with E-state index in [1.165, 1.54) is 11.8 Å². The molecule has 2 heterocycles. The van der Waals surface area contributed by atoms with Gasteiger partial charge >= 0.3 is 0 Å². The number of benzene rings is 1. The predicted octanol–water partition coefficient (Wildman–Crippen LogP) is 6.86. The molecule has 0 spiro atoms. The number of anilines is 2. The lowest BCUT2D eigenvalue weighted by Crippen LogP contribution is -1.94. The first kappa shape index (κ1) is 17.5. The molecular weight excluding hydrogens is 381 g/mol. The fourth-order valence-electron chi connectivity index (χ4n) is 1.96. The molecule has 0 aliphatic heterocycles. The Morgan fingerprint density at radius 3 is 2.58 bits per heavy atom. The summed E-state index contributed by atoms with van der Waals surface area (Å²) in [6.45, 7) is 4.25. The summed E-state index contributed by atoms with van der Waals surface area (Å²) in [5.41, 5.74) is 1.08. The number of hydrogen-bond donors (Lipinski definition) is 1. The first-order valence-corrected chi connectivity index (χ1v) is 9.78. The molecule has 0 amide bonds. The van der Waals surface area contributed by atoms with Crippen molar-refractivity contribution < 1.29 is 0 Å². The van der Waals surface area contributed by atoms with Crippen molar-refractivity contribution in [3.8, 4) is 0 Å². The summed E-state index contributed by atoms with van der Waals surface area (Å²) in [6.07, 6.45) is 1.76. The summed E-state index contributed by atoms with van der Waals surface area (Å²) in [7, 11) is 0. The molecular formula is C17H15Cl2N3S2. The van der Waals surface area contributed by atoms with Crippen molar-refractivity contribution in [3.63, 3.8) is 0 Å². The van der Waals surface area contributed by atoms with Crippen LogP contribution < -0.4 is 5.32 Å². The molecule has 0 fully saturated rings. The van der Waals surface area contributed by atoms with Crippen molar-refractivity contribution in [3.05, 3.63) is 57.6 Å². The van der Waals surface area contributed by atoms with Crippen LogP contribution in [0.3, 0.4) is 0 Å². The van der Waals surface area contributed by atoms with Crippen molar-refractivity contribution >= 4 is 57.2 Å². The highest BCUT2D eigenvalue weighted by Gasteiger charge is 2.10. The van der Waals surface area contributed by atoms with E-state index in [4.69, 9.17) is 23.2 Å². The van der Waals surface area contributed by atoms with E-state index in [1.54, 1.807) is 17.5 Å². The van der Waals surface area contributed by atoms with E-state index in [0.29, 0.717) is 16.0 Å². The van der Waals surface area contributed by atoms with Gasteiger partial charge in [0.25, 0.3) is 0 Å². The number of hydrogen-bond acceptors (Lipinski definition) is 5. The number of rotatable bonds is 5. The van der Waals surface area contributed by atoms with Crippen LogP contribution in [0.25, 0.3) is 0 Å². The topological polar surface area (TPSA) is 37.8 Å². The average molecular weight is 396 g/mol. The second-order valence-electron chi connectivity index (χ2n) is 5.39. The lowest BCUT2D eigenvalue weighted by Gasteiger charge is -2.08. The zero-order valence-electron chi connectivity index (χ0n) is 13.1. The Balaban J connectivity index is 1.79. The van der Waals surface area contributed by atoms with E-state index in [0.717, 1.165) is 26.4 Å². The Morgan fingerprint density at radius 2 is 1.92 bits per heavy atom. The van der Waals surface area contributed by atoms with Gasteiger partial charge in [-0.25, -0.2) is 9.97 Å².